The highest BCUT2D eigenvalue weighted by Gasteiger charge is 2.37. The molecule has 1 N–H and O–H groups in total. The van der Waals surface area contributed by atoms with E-state index in [9.17, 15) is 31.4 Å². The summed E-state index contributed by atoms with van der Waals surface area (Å²) in [4.78, 5) is 4.91. The Bertz CT molecular complexity index is 1370. The van der Waals surface area contributed by atoms with Crippen LogP contribution in [0.5, 0.6) is 0 Å². The van der Waals surface area contributed by atoms with E-state index in [1.54, 1.807) is 6.07 Å². The van der Waals surface area contributed by atoms with Crippen LogP contribution in [-0.2, 0) is 38.9 Å². The van der Waals surface area contributed by atoms with E-state index in [4.69, 9.17) is 11.6 Å². The zero-order chi connectivity index (χ0) is 32.2. The van der Waals surface area contributed by atoms with Gasteiger partial charge in [0.2, 0.25) is 0 Å². The van der Waals surface area contributed by atoms with Gasteiger partial charge in [0.15, 0.2) is 0 Å². The average Bonchev–Trinajstić information content (AvgIpc) is 3.41. The first-order valence-corrected chi connectivity index (χ1v) is 15.0. The minimum Gasteiger partial charge on any atom is -0.396 e. The summed E-state index contributed by atoms with van der Waals surface area (Å²) in [6, 6.07) is 5.36. The van der Waals surface area contributed by atoms with Gasteiger partial charge in [-0.25, -0.2) is 0 Å². The molecule has 1 fully saturated rings. The summed E-state index contributed by atoms with van der Waals surface area (Å²) in [5, 5.41) is 22.1. The molecule has 0 aliphatic heterocycles. The lowest BCUT2D eigenvalue weighted by Gasteiger charge is -2.35. The first-order chi connectivity index (χ1) is 20.7. The van der Waals surface area contributed by atoms with Gasteiger partial charge in [-0.15, -0.1) is 5.10 Å². The fourth-order valence-electron chi connectivity index (χ4n) is 5.78. The number of anilines is 2. The third-order valence-electron chi connectivity index (χ3n) is 8.22. The van der Waals surface area contributed by atoms with Gasteiger partial charge in [0.25, 0.3) is 5.95 Å². The van der Waals surface area contributed by atoms with Crippen LogP contribution in [0.25, 0.3) is 0 Å². The summed E-state index contributed by atoms with van der Waals surface area (Å²) in [6.45, 7) is 5.35. The fourth-order valence-corrected chi connectivity index (χ4v) is 6.10. The number of halogens is 7. The Kier molecular flexibility index (Phi) is 10.7. The molecule has 1 aliphatic carbocycles. The predicted molar refractivity (Wildman–Crippen MR) is 156 cm³/mol. The average molecular weight is 647 g/mol. The molecule has 4 rings (SSSR count). The zero-order valence-electron chi connectivity index (χ0n) is 24.9. The molecule has 1 aliphatic rings. The van der Waals surface area contributed by atoms with E-state index >= 15 is 0 Å². The summed E-state index contributed by atoms with van der Waals surface area (Å²) in [5.41, 5.74) is -0.451. The van der Waals surface area contributed by atoms with Gasteiger partial charge < -0.3 is 14.9 Å². The van der Waals surface area contributed by atoms with E-state index in [1.807, 2.05) is 19.9 Å². The number of tetrazole rings is 1. The van der Waals surface area contributed by atoms with E-state index < -0.39 is 23.5 Å². The van der Waals surface area contributed by atoms with E-state index in [1.165, 1.54) is 16.7 Å². The molecule has 242 valence electrons. The number of aliphatic hydroxyl groups excluding tert-OH is 1. The molecule has 0 bridgehead atoms. The van der Waals surface area contributed by atoms with Crippen LogP contribution < -0.4 is 9.80 Å². The van der Waals surface area contributed by atoms with Gasteiger partial charge in [0, 0.05) is 43.5 Å². The standard InChI is InChI=1S/C30H37ClF6N6O/c1-4-22-13-27(42(5-2)15-19-6-8-20(18-44)9-7-19)23(12-26(22)31)17-43(28-38-40-41(3)39-28)16-21-10-24(29(32,33)34)14-25(11-21)30(35,36)37/h10-14,19-20,44H,4-9,15-18H2,1-3H3/t19-,20-. The van der Waals surface area contributed by atoms with Crippen molar-refractivity contribution in [3.05, 3.63) is 63.2 Å². The van der Waals surface area contributed by atoms with Crippen molar-refractivity contribution >= 4 is 23.2 Å². The lowest BCUT2D eigenvalue weighted by Crippen LogP contribution is -2.33. The molecule has 1 heterocycles. The number of aromatic nitrogens is 4. The molecular formula is C30H37ClF6N6O. The maximum absolute atomic E-state index is 13.6. The molecule has 0 amide bonds. The Morgan fingerprint density at radius 2 is 1.48 bits per heavy atom. The molecule has 1 saturated carbocycles. The molecular weight excluding hydrogens is 610 g/mol. The highest BCUT2D eigenvalue weighted by Crippen LogP contribution is 2.38. The minimum atomic E-state index is -4.97. The van der Waals surface area contributed by atoms with Gasteiger partial charge in [-0.1, -0.05) is 23.6 Å². The first kappa shape index (κ1) is 33.8. The van der Waals surface area contributed by atoms with E-state index in [0.29, 0.717) is 42.0 Å². The zero-order valence-corrected chi connectivity index (χ0v) is 25.6. The minimum absolute atomic E-state index is 0.0467. The Balaban J connectivity index is 1.73. The number of hydrogen-bond donors (Lipinski definition) is 1. The Labute approximate surface area is 257 Å². The number of aryl methyl sites for hydroxylation is 2. The normalized spacial score (nSPS) is 17.6. The molecule has 3 aromatic rings. The molecule has 2 aromatic carbocycles. The number of nitrogens with zero attached hydrogens (tertiary/aromatic N) is 6. The maximum atomic E-state index is 13.6. The Hall–Kier alpha value is -3.06. The van der Waals surface area contributed by atoms with Gasteiger partial charge in [-0.3, -0.25) is 0 Å². The summed E-state index contributed by atoms with van der Waals surface area (Å²) >= 11 is 6.65. The van der Waals surface area contributed by atoms with Crippen molar-refractivity contribution in [2.24, 2.45) is 18.9 Å². The second-order valence-electron chi connectivity index (χ2n) is 11.4. The van der Waals surface area contributed by atoms with Crippen molar-refractivity contribution in [3.63, 3.8) is 0 Å². The van der Waals surface area contributed by atoms with Crippen molar-refractivity contribution in [1.29, 1.82) is 0 Å². The number of hydrogen-bond acceptors (Lipinski definition) is 6. The summed E-state index contributed by atoms with van der Waals surface area (Å²) in [7, 11) is 1.52. The second-order valence-corrected chi connectivity index (χ2v) is 11.8. The van der Waals surface area contributed by atoms with Crippen LogP contribution in [0.15, 0.2) is 30.3 Å². The van der Waals surface area contributed by atoms with Crippen LogP contribution in [0.4, 0.5) is 38.0 Å². The molecule has 0 spiro atoms. The first-order valence-electron chi connectivity index (χ1n) is 14.7. The second kappa shape index (κ2) is 13.9. The van der Waals surface area contributed by atoms with Gasteiger partial charge in [0.1, 0.15) is 0 Å². The Morgan fingerprint density at radius 1 is 0.864 bits per heavy atom. The van der Waals surface area contributed by atoms with Crippen LogP contribution in [0, 0.1) is 11.8 Å². The fraction of sp³-hybridized carbons (Fsp3) is 0.567. The number of aliphatic hydroxyl groups is 1. The number of alkyl halides is 6. The molecule has 0 radical (unpaired) electrons. The molecule has 14 heteroatoms. The predicted octanol–water partition coefficient (Wildman–Crippen LogP) is 7.30. The highest BCUT2D eigenvalue weighted by atomic mass is 35.5. The van der Waals surface area contributed by atoms with Gasteiger partial charge in [-0.05, 0) is 103 Å². The molecule has 7 nitrogen and oxygen atoms in total. The lowest BCUT2D eigenvalue weighted by molar-refractivity contribution is -0.143. The van der Waals surface area contributed by atoms with E-state index in [-0.39, 0.29) is 37.3 Å². The van der Waals surface area contributed by atoms with Crippen molar-refractivity contribution in [1.82, 2.24) is 20.2 Å². The number of benzene rings is 2. The third kappa shape index (κ3) is 8.35. The number of rotatable bonds is 11. The van der Waals surface area contributed by atoms with E-state index in [2.05, 4.69) is 20.3 Å². The van der Waals surface area contributed by atoms with Gasteiger partial charge >= 0.3 is 12.4 Å². The topological polar surface area (TPSA) is 70.3 Å². The van der Waals surface area contributed by atoms with Crippen LogP contribution in [0.1, 0.15) is 67.3 Å². The highest BCUT2D eigenvalue weighted by molar-refractivity contribution is 6.31. The maximum Gasteiger partial charge on any atom is 0.416 e. The lowest BCUT2D eigenvalue weighted by atomic mass is 9.82. The monoisotopic (exact) mass is 646 g/mol. The van der Waals surface area contributed by atoms with Crippen LogP contribution >= 0.6 is 11.6 Å². The quantitative estimate of drug-likeness (QED) is 0.221. The smallest absolute Gasteiger partial charge is 0.396 e. The SMILES string of the molecule is CCc1cc(N(CC)C[C@H]2CC[C@H](CO)CC2)c(CN(Cc2cc(C(F)(F)F)cc(C(F)(F)F)c2)c2nnn(C)n2)cc1Cl. The molecule has 1 aromatic heterocycles. The summed E-state index contributed by atoms with van der Waals surface area (Å²) in [6.07, 6.45) is -5.40. The van der Waals surface area contributed by atoms with Gasteiger partial charge in [-0.2, -0.15) is 31.1 Å². The largest absolute Gasteiger partial charge is 0.416 e. The molecule has 0 saturated heterocycles. The Morgan fingerprint density at radius 3 is 1.98 bits per heavy atom. The van der Waals surface area contributed by atoms with Crippen molar-refractivity contribution in [2.45, 2.75) is 71.4 Å². The summed E-state index contributed by atoms with van der Waals surface area (Å²) < 4.78 is 81.8. The van der Waals surface area contributed by atoms with E-state index in [0.717, 1.165) is 49.0 Å². The third-order valence-corrected chi connectivity index (χ3v) is 8.57. The molecule has 44 heavy (non-hydrogen) atoms. The van der Waals surface area contributed by atoms with Crippen LogP contribution in [0.3, 0.4) is 0 Å². The van der Waals surface area contributed by atoms with Crippen LogP contribution in [-0.4, -0.2) is 45.0 Å². The summed E-state index contributed by atoms with van der Waals surface area (Å²) in [5.74, 6) is 0.779. The van der Waals surface area contributed by atoms with Crippen molar-refractivity contribution in [3.8, 4) is 0 Å². The van der Waals surface area contributed by atoms with Crippen molar-refractivity contribution in [2.75, 3.05) is 29.5 Å². The van der Waals surface area contributed by atoms with Crippen molar-refractivity contribution < 1.29 is 31.4 Å². The van der Waals surface area contributed by atoms with Crippen LogP contribution in [0.2, 0.25) is 5.02 Å². The molecule has 0 atom stereocenters. The van der Waals surface area contributed by atoms with Gasteiger partial charge in [0.05, 0.1) is 18.2 Å². The molecule has 0 unspecified atom stereocenters.